The fourth-order valence-electron chi connectivity index (χ4n) is 1.83. The summed E-state index contributed by atoms with van der Waals surface area (Å²) in [5.74, 6) is 1.62. The van der Waals surface area contributed by atoms with Crippen LogP contribution in [0, 0.1) is 5.92 Å². The lowest BCUT2D eigenvalue weighted by Crippen LogP contribution is -2.25. The molecular formula is C14H23NO. The van der Waals surface area contributed by atoms with Gasteiger partial charge in [-0.2, -0.15) is 0 Å². The molecule has 2 heteroatoms. The molecule has 0 radical (unpaired) electrons. The van der Waals surface area contributed by atoms with Crippen molar-refractivity contribution in [2.45, 2.75) is 39.2 Å². The van der Waals surface area contributed by atoms with Crippen LogP contribution in [0.5, 0.6) is 5.75 Å². The molecule has 2 unspecified atom stereocenters. The molecule has 0 amide bonds. The minimum Gasteiger partial charge on any atom is -0.497 e. The van der Waals surface area contributed by atoms with Gasteiger partial charge in [-0.25, -0.2) is 0 Å². The lowest BCUT2D eigenvalue weighted by Gasteiger charge is -2.16. The van der Waals surface area contributed by atoms with Crippen LogP contribution >= 0.6 is 0 Å². The van der Waals surface area contributed by atoms with Crippen molar-refractivity contribution in [3.63, 3.8) is 0 Å². The van der Waals surface area contributed by atoms with Crippen molar-refractivity contribution < 1.29 is 4.74 Å². The van der Waals surface area contributed by atoms with E-state index in [-0.39, 0.29) is 6.04 Å². The normalized spacial score (nSPS) is 14.5. The van der Waals surface area contributed by atoms with Crippen LogP contribution in [0.4, 0.5) is 0 Å². The van der Waals surface area contributed by atoms with Crippen LogP contribution in [0.25, 0.3) is 0 Å². The monoisotopic (exact) mass is 221 g/mol. The van der Waals surface area contributed by atoms with Crippen LogP contribution in [0.1, 0.15) is 32.3 Å². The zero-order chi connectivity index (χ0) is 12.0. The highest BCUT2D eigenvalue weighted by Gasteiger charge is 2.08. The van der Waals surface area contributed by atoms with Crippen molar-refractivity contribution in [1.29, 1.82) is 0 Å². The van der Waals surface area contributed by atoms with E-state index in [0.29, 0.717) is 5.92 Å². The molecule has 0 saturated heterocycles. The van der Waals surface area contributed by atoms with E-state index < -0.39 is 0 Å². The Kier molecular flexibility index (Phi) is 5.33. The molecule has 0 heterocycles. The Bertz CT molecular complexity index is 294. The zero-order valence-electron chi connectivity index (χ0n) is 10.6. The van der Waals surface area contributed by atoms with Gasteiger partial charge in [0.05, 0.1) is 7.11 Å². The molecule has 1 aromatic carbocycles. The van der Waals surface area contributed by atoms with Crippen molar-refractivity contribution >= 4 is 0 Å². The number of nitrogens with two attached hydrogens (primary N) is 1. The highest BCUT2D eigenvalue weighted by Crippen LogP contribution is 2.15. The molecule has 0 aromatic heterocycles. The first-order valence-electron chi connectivity index (χ1n) is 6.04. The Morgan fingerprint density at radius 1 is 1.25 bits per heavy atom. The smallest absolute Gasteiger partial charge is 0.118 e. The maximum absolute atomic E-state index is 6.12. The SMILES string of the molecule is CCC(C)CC(N)Cc1ccc(OC)cc1. The van der Waals surface area contributed by atoms with E-state index in [9.17, 15) is 0 Å². The van der Waals surface area contributed by atoms with Crippen molar-refractivity contribution in [3.8, 4) is 5.75 Å². The van der Waals surface area contributed by atoms with Crippen LogP contribution < -0.4 is 10.5 Å². The van der Waals surface area contributed by atoms with Gasteiger partial charge < -0.3 is 10.5 Å². The van der Waals surface area contributed by atoms with Crippen molar-refractivity contribution in [2.75, 3.05) is 7.11 Å². The molecule has 0 aliphatic heterocycles. The second kappa shape index (κ2) is 6.54. The summed E-state index contributed by atoms with van der Waals surface area (Å²) < 4.78 is 5.12. The van der Waals surface area contributed by atoms with Gasteiger partial charge in [-0.3, -0.25) is 0 Å². The lowest BCUT2D eigenvalue weighted by atomic mass is 9.95. The molecule has 0 spiro atoms. The minimum absolute atomic E-state index is 0.267. The molecule has 2 atom stereocenters. The molecule has 1 aromatic rings. The summed E-state index contributed by atoms with van der Waals surface area (Å²) in [5.41, 5.74) is 7.41. The second-order valence-corrected chi connectivity index (χ2v) is 4.56. The first kappa shape index (κ1) is 13.0. The predicted molar refractivity (Wildman–Crippen MR) is 68.7 cm³/mol. The fourth-order valence-corrected chi connectivity index (χ4v) is 1.83. The third-order valence-corrected chi connectivity index (χ3v) is 3.06. The summed E-state index contributed by atoms with van der Waals surface area (Å²) in [6.45, 7) is 4.47. The summed E-state index contributed by atoms with van der Waals surface area (Å²) in [4.78, 5) is 0. The van der Waals surface area contributed by atoms with Gasteiger partial charge in [0.25, 0.3) is 0 Å². The van der Waals surface area contributed by atoms with E-state index in [4.69, 9.17) is 10.5 Å². The lowest BCUT2D eigenvalue weighted by molar-refractivity contribution is 0.414. The molecule has 1 rings (SSSR count). The van der Waals surface area contributed by atoms with Gasteiger partial charge in [-0.15, -0.1) is 0 Å². The number of ether oxygens (including phenoxy) is 1. The standard InChI is InChI=1S/C14H23NO/c1-4-11(2)9-13(15)10-12-5-7-14(16-3)8-6-12/h5-8,11,13H,4,9-10,15H2,1-3H3. The molecule has 2 N–H and O–H groups in total. The van der Waals surface area contributed by atoms with Gasteiger partial charge in [0.1, 0.15) is 5.75 Å². The Labute approximate surface area is 98.8 Å². The average Bonchev–Trinajstić information content (AvgIpc) is 2.29. The van der Waals surface area contributed by atoms with Crippen LogP contribution in [-0.4, -0.2) is 13.2 Å². The maximum atomic E-state index is 6.12. The zero-order valence-corrected chi connectivity index (χ0v) is 10.6. The van der Waals surface area contributed by atoms with E-state index >= 15 is 0 Å². The summed E-state index contributed by atoms with van der Waals surface area (Å²) in [7, 11) is 1.68. The van der Waals surface area contributed by atoms with Crippen LogP contribution in [-0.2, 0) is 6.42 Å². The Balaban J connectivity index is 2.46. The minimum atomic E-state index is 0.267. The van der Waals surface area contributed by atoms with E-state index in [1.54, 1.807) is 7.11 Å². The third kappa shape index (κ3) is 4.23. The van der Waals surface area contributed by atoms with Crippen LogP contribution in [0.15, 0.2) is 24.3 Å². The molecule has 2 nitrogen and oxygen atoms in total. The molecule has 0 bridgehead atoms. The summed E-state index contributed by atoms with van der Waals surface area (Å²) >= 11 is 0. The topological polar surface area (TPSA) is 35.2 Å². The molecule has 0 aliphatic rings. The number of benzene rings is 1. The average molecular weight is 221 g/mol. The van der Waals surface area contributed by atoms with Crippen LogP contribution in [0.2, 0.25) is 0 Å². The first-order chi connectivity index (χ1) is 7.65. The highest BCUT2D eigenvalue weighted by atomic mass is 16.5. The van der Waals surface area contributed by atoms with Gasteiger partial charge in [-0.05, 0) is 36.5 Å². The Morgan fingerprint density at radius 3 is 2.38 bits per heavy atom. The molecule has 90 valence electrons. The van der Waals surface area contributed by atoms with E-state index in [1.807, 2.05) is 12.1 Å². The van der Waals surface area contributed by atoms with Crippen molar-refractivity contribution in [1.82, 2.24) is 0 Å². The number of rotatable bonds is 6. The molecular weight excluding hydrogens is 198 g/mol. The Hall–Kier alpha value is -1.02. The number of methoxy groups -OCH3 is 1. The largest absolute Gasteiger partial charge is 0.497 e. The van der Waals surface area contributed by atoms with Gasteiger partial charge >= 0.3 is 0 Å². The number of hydrogen-bond acceptors (Lipinski definition) is 2. The maximum Gasteiger partial charge on any atom is 0.118 e. The summed E-state index contributed by atoms with van der Waals surface area (Å²) in [6.07, 6.45) is 3.26. The third-order valence-electron chi connectivity index (χ3n) is 3.06. The van der Waals surface area contributed by atoms with E-state index in [1.165, 1.54) is 12.0 Å². The van der Waals surface area contributed by atoms with Crippen LogP contribution in [0.3, 0.4) is 0 Å². The van der Waals surface area contributed by atoms with Gasteiger partial charge in [0.2, 0.25) is 0 Å². The fraction of sp³-hybridized carbons (Fsp3) is 0.571. The second-order valence-electron chi connectivity index (χ2n) is 4.56. The molecule has 0 saturated carbocycles. The molecule has 16 heavy (non-hydrogen) atoms. The van der Waals surface area contributed by atoms with Crippen molar-refractivity contribution in [3.05, 3.63) is 29.8 Å². The van der Waals surface area contributed by atoms with Gasteiger partial charge in [0, 0.05) is 6.04 Å². The van der Waals surface area contributed by atoms with E-state index in [0.717, 1.165) is 18.6 Å². The quantitative estimate of drug-likeness (QED) is 0.801. The van der Waals surface area contributed by atoms with Gasteiger partial charge in [-0.1, -0.05) is 32.4 Å². The van der Waals surface area contributed by atoms with Crippen molar-refractivity contribution in [2.24, 2.45) is 11.7 Å². The highest BCUT2D eigenvalue weighted by molar-refractivity contribution is 5.27. The number of hydrogen-bond donors (Lipinski definition) is 1. The predicted octanol–water partition coefficient (Wildman–Crippen LogP) is 3.00. The van der Waals surface area contributed by atoms with E-state index in [2.05, 4.69) is 26.0 Å². The van der Waals surface area contributed by atoms with Gasteiger partial charge in [0.15, 0.2) is 0 Å². The molecule has 0 aliphatic carbocycles. The first-order valence-corrected chi connectivity index (χ1v) is 6.04. The Morgan fingerprint density at radius 2 is 1.88 bits per heavy atom. The summed E-state index contributed by atoms with van der Waals surface area (Å²) in [5, 5.41) is 0. The summed E-state index contributed by atoms with van der Waals surface area (Å²) in [6, 6.07) is 8.43. The molecule has 0 fully saturated rings.